The Labute approximate surface area is 142 Å². The molecule has 116 valence electrons. The third-order valence-corrected chi connectivity index (χ3v) is 4.34. The molecule has 5 heteroatoms. The van der Waals surface area contributed by atoms with Gasteiger partial charge >= 0.3 is 0 Å². The maximum absolute atomic E-state index is 12.5. The van der Waals surface area contributed by atoms with E-state index in [0.29, 0.717) is 5.69 Å². The Balaban J connectivity index is 2.17. The number of aliphatic hydroxyl groups is 1. The van der Waals surface area contributed by atoms with Gasteiger partial charge in [0.1, 0.15) is 0 Å². The number of hydrogen-bond acceptors (Lipinski definition) is 3. The molecule has 1 N–H and O–H groups in total. The first-order chi connectivity index (χ1) is 11.0. The number of aliphatic hydroxyl groups excluding tert-OH is 1. The first-order valence-corrected chi connectivity index (χ1v) is 7.88. The van der Waals surface area contributed by atoms with Crippen LogP contribution in [0.1, 0.15) is 18.5 Å². The fraction of sp³-hybridized carbons (Fsp3) is 0.111. The summed E-state index contributed by atoms with van der Waals surface area (Å²) >= 11 is 3.37. The van der Waals surface area contributed by atoms with Crippen LogP contribution in [0.25, 0.3) is 0 Å². The second kappa shape index (κ2) is 6.01. The zero-order valence-corrected chi connectivity index (χ0v) is 13.9. The van der Waals surface area contributed by atoms with Crippen molar-refractivity contribution in [3.63, 3.8) is 0 Å². The van der Waals surface area contributed by atoms with Crippen molar-refractivity contribution in [2.24, 2.45) is 0 Å². The highest BCUT2D eigenvalue weighted by molar-refractivity contribution is 9.10. The smallest absolute Gasteiger partial charge is 0.294 e. The van der Waals surface area contributed by atoms with E-state index < -0.39 is 17.7 Å². The lowest BCUT2D eigenvalue weighted by Gasteiger charge is -2.26. The van der Waals surface area contributed by atoms with E-state index in [9.17, 15) is 14.7 Å². The van der Waals surface area contributed by atoms with Gasteiger partial charge in [0.15, 0.2) is 11.5 Å². The number of Topliss-reactive ketones (excluding diaryl/α,β-unsaturated/α-hetero) is 1. The van der Waals surface area contributed by atoms with Crippen molar-refractivity contribution < 1.29 is 14.7 Å². The van der Waals surface area contributed by atoms with Crippen molar-refractivity contribution in [1.82, 2.24) is 0 Å². The molecular formula is C18H14BrNO3. The van der Waals surface area contributed by atoms with E-state index in [1.807, 2.05) is 42.5 Å². The van der Waals surface area contributed by atoms with E-state index in [0.717, 1.165) is 10.0 Å². The van der Waals surface area contributed by atoms with Crippen LogP contribution in [0, 0.1) is 0 Å². The van der Waals surface area contributed by atoms with Crippen LogP contribution < -0.4 is 4.90 Å². The van der Waals surface area contributed by atoms with Crippen LogP contribution in [0.3, 0.4) is 0 Å². The maximum Gasteiger partial charge on any atom is 0.294 e. The van der Waals surface area contributed by atoms with Crippen LogP contribution >= 0.6 is 15.9 Å². The molecule has 0 saturated heterocycles. The zero-order chi connectivity index (χ0) is 16.6. The van der Waals surface area contributed by atoms with E-state index in [4.69, 9.17) is 0 Å². The average Bonchev–Trinajstić information content (AvgIpc) is 2.81. The predicted molar refractivity (Wildman–Crippen MR) is 91.1 cm³/mol. The molecule has 23 heavy (non-hydrogen) atoms. The molecule has 1 aliphatic rings. The lowest BCUT2D eigenvalue weighted by molar-refractivity contribution is -0.117. The molecule has 2 aromatic carbocycles. The summed E-state index contributed by atoms with van der Waals surface area (Å²) in [5.41, 5.74) is 1.52. The largest absolute Gasteiger partial charge is 0.503 e. The van der Waals surface area contributed by atoms with E-state index in [2.05, 4.69) is 15.9 Å². The van der Waals surface area contributed by atoms with Gasteiger partial charge in [0.2, 0.25) is 0 Å². The third kappa shape index (κ3) is 2.68. The summed E-state index contributed by atoms with van der Waals surface area (Å²) in [4.78, 5) is 26.0. The average molecular weight is 372 g/mol. The number of para-hydroxylation sites is 1. The molecule has 0 saturated carbocycles. The summed E-state index contributed by atoms with van der Waals surface area (Å²) in [6.07, 6.45) is 0. The SMILES string of the molecule is CC(=O)C1=C(O)C(=O)N(c2ccccc2)[C@@H]1c1ccc(Br)cc1. The standard InChI is InChI=1S/C18H14BrNO3/c1-11(21)15-16(12-7-9-13(19)10-8-12)20(18(23)17(15)22)14-5-3-2-4-6-14/h2-10,16,22H,1H3/t16-/m1/s1. The third-order valence-electron chi connectivity index (χ3n) is 3.81. The molecule has 0 spiro atoms. The van der Waals surface area contributed by atoms with E-state index in [-0.39, 0.29) is 11.4 Å². The van der Waals surface area contributed by atoms with Crippen LogP contribution in [-0.4, -0.2) is 16.8 Å². The minimum absolute atomic E-state index is 0.126. The molecular weight excluding hydrogens is 358 g/mol. The van der Waals surface area contributed by atoms with Crippen LogP contribution in [0.4, 0.5) is 5.69 Å². The lowest BCUT2D eigenvalue weighted by atomic mass is 9.96. The monoisotopic (exact) mass is 371 g/mol. The number of halogens is 1. The summed E-state index contributed by atoms with van der Waals surface area (Å²) in [5, 5.41) is 10.2. The van der Waals surface area contributed by atoms with Gasteiger partial charge in [-0.15, -0.1) is 0 Å². The van der Waals surface area contributed by atoms with E-state index >= 15 is 0 Å². The van der Waals surface area contributed by atoms with E-state index in [1.54, 1.807) is 12.1 Å². The molecule has 0 unspecified atom stereocenters. The molecule has 1 amide bonds. The first kappa shape index (κ1) is 15.5. The molecule has 0 radical (unpaired) electrons. The van der Waals surface area contributed by atoms with Gasteiger partial charge in [-0.25, -0.2) is 0 Å². The van der Waals surface area contributed by atoms with Crippen molar-refractivity contribution in [1.29, 1.82) is 0 Å². The topological polar surface area (TPSA) is 57.6 Å². The number of ketones is 1. The Morgan fingerprint density at radius 3 is 2.26 bits per heavy atom. The highest BCUT2D eigenvalue weighted by atomic mass is 79.9. The number of hydrogen-bond donors (Lipinski definition) is 1. The summed E-state index contributed by atoms with van der Waals surface area (Å²) in [7, 11) is 0. The lowest BCUT2D eigenvalue weighted by Crippen LogP contribution is -2.30. The van der Waals surface area contributed by atoms with Crippen molar-refractivity contribution in [3.8, 4) is 0 Å². The normalized spacial score (nSPS) is 17.7. The molecule has 0 bridgehead atoms. The Hall–Kier alpha value is -2.40. The van der Waals surface area contributed by atoms with Crippen molar-refractivity contribution >= 4 is 33.3 Å². The number of nitrogens with zero attached hydrogens (tertiary/aromatic N) is 1. The van der Waals surface area contributed by atoms with Crippen molar-refractivity contribution in [2.45, 2.75) is 13.0 Å². The zero-order valence-electron chi connectivity index (χ0n) is 12.4. The number of anilines is 1. The highest BCUT2D eigenvalue weighted by Crippen LogP contribution is 2.40. The van der Waals surface area contributed by atoms with Gasteiger partial charge < -0.3 is 5.11 Å². The Kier molecular flexibility index (Phi) is 4.05. The number of carbonyl (C=O) groups is 2. The molecule has 1 aliphatic heterocycles. The summed E-state index contributed by atoms with van der Waals surface area (Å²) < 4.78 is 0.898. The minimum Gasteiger partial charge on any atom is -0.503 e. The Morgan fingerprint density at radius 2 is 1.70 bits per heavy atom. The highest BCUT2D eigenvalue weighted by Gasteiger charge is 2.43. The number of carbonyl (C=O) groups excluding carboxylic acids is 2. The van der Waals surface area contributed by atoms with Gasteiger partial charge in [0.05, 0.1) is 11.6 Å². The van der Waals surface area contributed by atoms with Crippen LogP contribution in [0.2, 0.25) is 0 Å². The van der Waals surface area contributed by atoms with Gasteiger partial charge in [-0.3, -0.25) is 14.5 Å². The molecule has 4 nitrogen and oxygen atoms in total. The second-order valence-corrected chi connectivity index (χ2v) is 6.20. The summed E-state index contributed by atoms with van der Waals surface area (Å²) in [6, 6.07) is 15.7. The number of rotatable bonds is 3. The van der Waals surface area contributed by atoms with Gasteiger partial charge in [-0.1, -0.05) is 46.3 Å². The molecule has 3 rings (SSSR count). The van der Waals surface area contributed by atoms with Crippen LogP contribution in [0.5, 0.6) is 0 Å². The Bertz CT molecular complexity index is 797. The Morgan fingerprint density at radius 1 is 1.09 bits per heavy atom. The van der Waals surface area contributed by atoms with E-state index in [1.165, 1.54) is 11.8 Å². The van der Waals surface area contributed by atoms with Gasteiger partial charge in [-0.05, 0) is 36.8 Å². The number of benzene rings is 2. The quantitative estimate of drug-likeness (QED) is 0.888. The van der Waals surface area contributed by atoms with Crippen molar-refractivity contribution in [3.05, 3.63) is 76.0 Å². The molecule has 0 fully saturated rings. The minimum atomic E-state index is -0.629. The van der Waals surface area contributed by atoms with Crippen molar-refractivity contribution in [2.75, 3.05) is 4.90 Å². The number of amides is 1. The fourth-order valence-corrected chi connectivity index (χ4v) is 3.04. The maximum atomic E-state index is 12.5. The van der Waals surface area contributed by atoms with Gasteiger partial charge in [-0.2, -0.15) is 0 Å². The predicted octanol–water partition coefficient (Wildman–Crippen LogP) is 3.94. The van der Waals surface area contributed by atoms with Crippen LogP contribution in [-0.2, 0) is 9.59 Å². The summed E-state index contributed by atoms with van der Waals surface area (Å²) in [5.74, 6) is -1.36. The van der Waals surface area contributed by atoms with Crippen LogP contribution in [0.15, 0.2) is 70.4 Å². The fourth-order valence-electron chi connectivity index (χ4n) is 2.78. The summed E-state index contributed by atoms with van der Waals surface area (Å²) in [6.45, 7) is 1.36. The molecule has 1 atom stereocenters. The first-order valence-electron chi connectivity index (χ1n) is 7.09. The van der Waals surface area contributed by atoms with Gasteiger partial charge in [0.25, 0.3) is 5.91 Å². The second-order valence-electron chi connectivity index (χ2n) is 5.28. The molecule has 2 aromatic rings. The molecule has 0 aromatic heterocycles. The molecule has 1 heterocycles. The van der Waals surface area contributed by atoms with Gasteiger partial charge in [0, 0.05) is 10.2 Å². The molecule has 0 aliphatic carbocycles.